The van der Waals surface area contributed by atoms with Crippen LogP contribution in [0, 0.1) is 0 Å². The molecule has 1 saturated carbocycles. The molecule has 2 fully saturated rings. The van der Waals surface area contributed by atoms with Gasteiger partial charge in [0.2, 0.25) is 5.91 Å². The van der Waals surface area contributed by atoms with E-state index in [4.69, 9.17) is 21.3 Å². The van der Waals surface area contributed by atoms with Crippen LogP contribution < -0.4 is 0 Å². The highest BCUT2D eigenvalue weighted by atomic mass is 35.5. The number of thiazole rings is 1. The largest absolute Gasteiger partial charge is 0.449 e. The first kappa shape index (κ1) is 19.0. The lowest BCUT2D eigenvalue weighted by molar-refractivity contribution is -0.134. The molecule has 6 nitrogen and oxygen atoms in total. The lowest BCUT2D eigenvalue weighted by Gasteiger charge is -2.26. The lowest BCUT2D eigenvalue weighted by atomic mass is 9.93. The van der Waals surface area contributed by atoms with Gasteiger partial charge in [0.1, 0.15) is 10.4 Å². The summed E-state index contributed by atoms with van der Waals surface area (Å²) in [6, 6.07) is 9.39. The first-order chi connectivity index (χ1) is 15.0. The van der Waals surface area contributed by atoms with Gasteiger partial charge in [-0.2, -0.15) is 0 Å². The zero-order valence-corrected chi connectivity index (χ0v) is 18.1. The van der Waals surface area contributed by atoms with Gasteiger partial charge < -0.3 is 9.64 Å². The van der Waals surface area contributed by atoms with Crippen LogP contribution in [-0.2, 0) is 20.5 Å². The zero-order valence-electron chi connectivity index (χ0n) is 16.5. The number of carbonyl (C=O) groups is 2. The fourth-order valence-corrected chi connectivity index (χ4v) is 5.90. The van der Waals surface area contributed by atoms with Crippen LogP contribution in [0.1, 0.15) is 40.2 Å². The number of ether oxygens (including phenoxy) is 1. The summed E-state index contributed by atoms with van der Waals surface area (Å²) in [7, 11) is 0. The Balaban J connectivity index is 1.26. The zero-order chi connectivity index (χ0) is 21.2. The monoisotopic (exact) mass is 451 g/mol. The number of pyridine rings is 1. The molecule has 1 saturated heterocycles. The number of likely N-dealkylation sites (tertiary alicyclic amines) is 1. The summed E-state index contributed by atoms with van der Waals surface area (Å²) < 4.78 is 5.77. The molecule has 2 aromatic heterocycles. The van der Waals surface area contributed by atoms with E-state index in [9.17, 15) is 9.59 Å². The molecule has 1 spiro atoms. The van der Waals surface area contributed by atoms with Crippen LogP contribution >= 0.6 is 22.9 Å². The minimum atomic E-state index is -0.752. The van der Waals surface area contributed by atoms with E-state index in [1.165, 1.54) is 11.3 Å². The summed E-state index contributed by atoms with van der Waals surface area (Å²) in [5.41, 5.74) is 1.89. The molecule has 0 bridgehead atoms. The molecule has 0 N–H and O–H groups in total. The van der Waals surface area contributed by atoms with Crippen molar-refractivity contribution < 1.29 is 14.3 Å². The number of benzene rings is 1. The summed E-state index contributed by atoms with van der Waals surface area (Å²) in [4.78, 5) is 36.6. The topological polar surface area (TPSA) is 72.4 Å². The summed E-state index contributed by atoms with van der Waals surface area (Å²) >= 11 is 7.52. The molecule has 1 atom stereocenters. The van der Waals surface area contributed by atoms with E-state index < -0.39 is 11.0 Å². The Morgan fingerprint density at radius 3 is 2.74 bits per heavy atom. The number of esters is 1. The van der Waals surface area contributed by atoms with Gasteiger partial charge in [-0.15, -0.1) is 11.3 Å². The van der Waals surface area contributed by atoms with Crippen LogP contribution in [0.3, 0.4) is 0 Å². The van der Waals surface area contributed by atoms with Gasteiger partial charge in [0.05, 0.1) is 17.8 Å². The number of hydrogen-bond donors (Lipinski definition) is 0. The average molecular weight is 452 g/mol. The Bertz CT molecular complexity index is 1220. The van der Waals surface area contributed by atoms with Crippen molar-refractivity contribution in [1.82, 2.24) is 14.9 Å². The van der Waals surface area contributed by atoms with E-state index in [1.807, 2.05) is 40.6 Å². The second kappa shape index (κ2) is 6.61. The third kappa shape index (κ3) is 2.83. The number of carbonyl (C=O) groups excluding carboxylic acids is 2. The second-order valence-corrected chi connectivity index (χ2v) is 9.70. The van der Waals surface area contributed by atoms with Crippen LogP contribution in [0.2, 0.25) is 5.02 Å². The number of hydrogen-bond acceptors (Lipinski definition) is 6. The molecule has 1 unspecified atom stereocenters. The van der Waals surface area contributed by atoms with Gasteiger partial charge in [0, 0.05) is 46.9 Å². The van der Waals surface area contributed by atoms with Crippen molar-refractivity contribution in [2.45, 2.75) is 30.3 Å². The Morgan fingerprint density at radius 1 is 1.16 bits per heavy atom. The second-order valence-electron chi connectivity index (χ2n) is 8.41. The normalized spacial score (nSPS) is 23.1. The van der Waals surface area contributed by atoms with Crippen molar-refractivity contribution in [2.24, 2.45) is 0 Å². The molecule has 6 rings (SSSR count). The molecule has 2 aliphatic heterocycles. The maximum absolute atomic E-state index is 13.6. The number of fused-ring (bicyclic) bond motifs is 2. The predicted octanol–water partition coefficient (Wildman–Crippen LogP) is 4.19. The van der Waals surface area contributed by atoms with Crippen LogP contribution in [0.25, 0.3) is 11.3 Å². The summed E-state index contributed by atoms with van der Waals surface area (Å²) in [6.07, 6.45) is 5.41. The fraction of sp³-hybridized carbons (Fsp3) is 0.304. The first-order valence-corrected chi connectivity index (χ1v) is 11.5. The number of halogens is 1. The van der Waals surface area contributed by atoms with Crippen molar-refractivity contribution >= 4 is 34.8 Å². The van der Waals surface area contributed by atoms with Gasteiger partial charge in [-0.1, -0.05) is 23.7 Å². The van der Waals surface area contributed by atoms with Gasteiger partial charge >= 0.3 is 5.97 Å². The van der Waals surface area contributed by atoms with Gasteiger partial charge in [0.15, 0.2) is 5.60 Å². The molecule has 1 aromatic carbocycles. The highest BCUT2D eigenvalue weighted by molar-refractivity contribution is 7.10. The van der Waals surface area contributed by atoms with Gasteiger partial charge in [-0.3, -0.25) is 9.78 Å². The average Bonchev–Trinajstić information content (AvgIpc) is 3.14. The van der Waals surface area contributed by atoms with E-state index in [-0.39, 0.29) is 11.9 Å². The summed E-state index contributed by atoms with van der Waals surface area (Å²) in [6.45, 7) is 0.941. The lowest BCUT2D eigenvalue weighted by Crippen LogP contribution is -2.40. The van der Waals surface area contributed by atoms with Crippen molar-refractivity contribution in [3.8, 4) is 11.3 Å². The molecular formula is C23H18ClN3O3S. The molecule has 3 aliphatic rings. The molecule has 156 valence electrons. The van der Waals surface area contributed by atoms with Crippen molar-refractivity contribution in [2.75, 3.05) is 13.1 Å². The van der Waals surface area contributed by atoms with E-state index in [2.05, 4.69) is 4.98 Å². The van der Waals surface area contributed by atoms with Crippen LogP contribution in [0.5, 0.6) is 0 Å². The number of amides is 1. The highest BCUT2D eigenvalue weighted by Crippen LogP contribution is 2.53. The number of aromatic nitrogens is 2. The first-order valence-electron chi connectivity index (χ1n) is 10.2. The quantitative estimate of drug-likeness (QED) is 0.558. The molecule has 31 heavy (non-hydrogen) atoms. The third-order valence-electron chi connectivity index (χ3n) is 6.55. The van der Waals surface area contributed by atoms with Crippen LogP contribution in [-0.4, -0.2) is 39.8 Å². The van der Waals surface area contributed by atoms with Gasteiger partial charge in [-0.25, -0.2) is 9.78 Å². The maximum atomic E-state index is 13.6. The summed E-state index contributed by atoms with van der Waals surface area (Å²) in [5, 5.41) is 3.54. The minimum absolute atomic E-state index is 0.0833. The standard InChI is InChI=1S/C23H18ClN3O3S/c24-15-3-1-14(2-4-15)18-12-31-20(26-18)22(6-7-22)21(29)27-10-8-23(13-27)17-5-9-25-11-16(17)19(28)30-23/h1-5,9,11-12H,6-8,10,13H2. The van der Waals surface area contributed by atoms with E-state index in [0.717, 1.165) is 34.7 Å². The van der Waals surface area contributed by atoms with Crippen LogP contribution in [0.15, 0.2) is 48.1 Å². The Labute approximate surface area is 187 Å². The maximum Gasteiger partial charge on any atom is 0.341 e. The molecule has 3 aromatic rings. The summed E-state index contributed by atoms with van der Waals surface area (Å²) in [5.74, 6) is -0.272. The fourth-order valence-electron chi connectivity index (χ4n) is 4.69. The smallest absolute Gasteiger partial charge is 0.341 e. The molecule has 8 heteroatoms. The van der Waals surface area contributed by atoms with E-state index >= 15 is 0 Å². The Morgan fingerprint density at radius 2 is 1.97 bits per heavy atom. The van der Waals surface area contributed by atoms with Gasteiger partial charge in [-0.05, 0) is 31.0 Å². The van der Waals surface area contributed by atoms with E-state index in [1.54, 1.807) is 12.4 Å². The SMILES string of the molecule is O=C1OC2(CCN(C(=O)C3(c4nc(-c5ccc(Cl)cc5)cs4)CC3)C2)c2ccncc21. The molecule has 1 aliphatic carbocycles. The van der Waals surface area contributed by atoms with Crippen LogP contribution in [0.4, 0.5) is 0 Å². The highest BCUT2D eigenvalue weighted by Gasteiger charge is 2.59. The number of nitrogens with zero attached hydrogens (tertiary/aromatic N) is 3. The third-order valence-corrected chi connectivity index (χ3v) is 7.85. The Kier molecular flexibility index (Phi) is 4.04. The molecule has 0 radical (unpaired) electrons. The predicted molar refractivity (Wildman–Crippen MR) is 116 cm³/mol. The van der Waals surface area contributed by atoms with Crippen molar-refractivity contribution in [3.05, 3.63) is 69.3 Å². The van der Waals surface area contributed by atoms with Crippen molar-refractivity contribution in [1.29, 1.82) is 0 Å². The molecular weight excluding hydrogens is 434 g/mol. The molecule has 1 amide bonds. The van der Waals surface area contributed by atoms with E-state index in [0.29, 0.717) is 30.1 Å². The minimum Gasteiger partial charge on any atom is -0.449 e. The van der Waals surface area contributed by atoms with Gasteiger partial charge in [0.25, 0.3) is 0 Å². The number of rotatable bonds is 3. The molecule has 4 heterocycles. The van der Waals surface area contributed by atoms with Crippen molar-refractivity contribution in [3.63, 3.8) is 0 Å². The Hall–Kier alpha value is -2.77.